The minimum absolute atomic E-state index is 1.25. The van der Waals surface area contributed by atoms with E-state index in [-0.39, 0.29) is 0 Å². The Bertz CT molecular complexity index is 219. The molecule has 0 radical (unpaired) electrons. The summed E-state index contributed by atoms with van der Waals surface area (Å²) in [5.74, 6) is 0. The van der Waals surface area contributed by atoms with Crippen LogP contribution in [0.3, 0.4) is 0 Å². The highest BCUT2D eigenvalue weighted by Gasteiger charge is 1.93. The average molecular weight is 191 g/mol. The van der Waals surface area contributed by atoms with E-state index in [0.29, 0.717) is 0 Å². The lowest BCUT2D eigenvalue weighted by molar-refractivity contribution is 0.520. The summed E-state index contributed by atoms with van der Waals surface area (Å²) in [5, 5.41) is 3.28. The zero-order chi connectivity index (χ0) is 10.2. The quantitative estimate of drug-likeness (QED) is 0.664. The topological polar surface area (TPSA) is 12.0 Å². The molecule has 1 aliphatic heterocycles. The van der Waals surface area contributed by atoms with Gasteiger partial charge in [-0.05, 0) is 50.9 Å². The van der Waals surface area contributed by atoms with E-state index in [1.165, 1.54) is 43.5 Å². The second-order valence-corrected chi connectivity index (χ2v) is 3.89. The van der Waals surface area contributed by atoms with Gasteiger partial charge in [-0.2, -0.15) is 0 Å². The van der Waals surface area contributed by atoms with Crippen molar-refractivity contribution in [3.05, 3.63) is 35.4 Å². The summed E-state index contributed by atoms with van der Waals surface area (Å²) in [4.78, 5) is 0. The van der Waals surface area contributed by atoms with Crippen LogP contribution in [0.25, 0.3) is 0 Å². The third-order valence-electron chi connectivity index (χ3n) is 2.63. The third-order valence-corrected chi connectivity index (χ3v) is 2.63. The molecule has 1 nitrogen and oxygen atoms in total. The van der Waals surface area contributed by atoms with Gasteiger partial charge in [-0.3, -0.25) is 0 Å². The van der Waals surface area contributed by atoms with Crippen molar-refractivity contribution in [2.24, 2.45) is 0 Å². The molecule has 1 N–H and O–H groups in total. The second kappa shape index (κ2) is 6.61. The predicted molar refractivity (Wildman–Crippen MR) is 62.6 cm³/mol. The van der Waals surface area contributed by atoms with Crippen LogP contribution in [-0.2, 0) is 0 Å². The molecule has 1 aromatic rings. The van der Waals surface area contributed by atoms with Crippen molar-refractivity contribution in [1.82, 2.24) is 5.32 Å². The van der Waals surface area contributed by atoms with Gasteiger partial charge in [-0.25, -0.2) is 0 Å². The van der Waals surface area contributed by atoms with Crippen molar-refractivity contribution >= 4 is 0 Å². The monoisotopic (exact) mass is 191 g/mol. The first kappa shape index (κ1) is 11.3. The molecule has 1 fully saturated rings. The molecule has 0 aromatic heterocycles. The van der Waals surface area contributed by atoms with Crippen molar-refractivity contribution in [3.8, 4) is 0 Å². The lowest BCUT2D eigenvalue weighted by atomic mass is 10.1. The minimum Gasteiger partial charge on any atom is -0.317 e. The van der Waals surface area contributed by atoms with E-state index in [2.05, 4.69) is 43.4 Å². The summed E-state index contributed by atoms with van der Waals surface area (Å²) in [5.41, 5.74) is 2.74. The second-order valence-electron chi connectivity index (χ2n) is 3.89. The minimum atomic E-state index is 1.25. The third kappa shape index (κ3) is 4.43. The molecule has 0 spiro atoms. The lowest BCUT2D eigenvalue weighted by Gasteiger charge is -2.08. The number of benzene rings is 1. The van der Waals surface area contributed by atoms with Crippen molar-refractivity contribution in [2.45, 2.75) is 33.1 Å². The Morgan fingerprint density at radius 1 is 0.857 bits per heavy atom. The van der Waals surface area contributed by atoms with Crippen LogP contribution in [0.15, 0.2) is 24.3 Å². The van der Waals surface area contributed by atoms with Gasteiger partial charge in [-0.1, -0.05) is 30.7 Å². The summed E-state index contributed by atoms with van der Waals surface area (Å²) in [6.07, 6.45) is 4.22. The van der Waals surface area contributed by atoms with Gasteiger partial charge in [0.2, 0.25) is 0 Å². The summed E-state index contributed by atoms with van der Waals surface area (Å²) >= 11 is 0. The average Bonchev–Trinajstić information content (AvgIpc) is 2.26. The zero-order valence-electron chi connectivity index (χ0n) is 9.34. The van der Waals surface area contributed by atoms with Gasteiger partial charge in [0.25, 0.3) is 0 Å². The number of hydrogen-bond donors (Lipinski definition) is 1. The molecule has 14 heavy (non-hydrogen) atoms. The van der Waals surface area contributed by atoms with E-state index in [4.69, 9.17) is 0 Å². The van der Waals surface area contributed by atoms with Gasteiger partial charge >= 0.3 is 0 Å². The summed E-state index contributed by atoms with van der Waals surface area (Å²) in [6.45, 7) is 6.74. The summed E-state index contributed by atoms with van der Waals surface area (Å²) in [7, 11) is 0. The molecule has 0 aliphatic carbocycles. The number of piperidine rings is 1. The standard InChI is InChI=1S/C8H10.C5H11N/c1-7-5-3-4-6-8(7)2;1-2-4-6-5-3-1/h3-6H,1-2H3;6H,1-5H2. The van der Waals surface area contributed by atoms with Crippen LogP contribution >= 0.6 is 0 Å². The van der Waals surface area contributed by atoms with Gasteiger partial charge < -0.3 is 5.32 Å². The Labute approximate surface area is 87.5 Å². The van der Waals surface area contributed by atoms with Crippen LogP contribution < -0.4 is 5.32 Å². The molecule has 1 heteroatoms. The highest BCUT2D eigenvalue weighted by molar-refractivity contribution is 5.23. The lowest BCUT2D eigenvalue weighted by Crippen LogP contribution is -2.21. The maximum absolute atomic E-state index is 3.28. The van der Waals surface area contributed by atoms with Gasteiger partial charge in [-0.15, -0.1) is 0 Å². The Morgan fingerprint density at radius 3 is 1.57 bits per heavy atom. The molecule has 0 saturated carbocycles. The van der Waals surface area contributed by atoms with Crippen molar-refractivity contribution < 1.29 is 0 Å². The van der Waals surface area contributed by atoms with E-state index in [9.17, 15) is 0 Å². The van der Waals surface area contributed by atoms with Gasteiger partial charge in [0.05, 0.1) is 0 Å². The molecular weight excluding hydrogens is 170 g/mol. The fourth-order valence-electron chi connectivity index (χ4n) is 1.46. The van der Waals surface area contributed by atoms with Gasteiger partial charge in [0.15, 0.2) is 0 Å². The first-order valence-electron chi connectivity index (χ1n) is 5.53. The summed E-state index contributed by atoms with van der Waals surface area (Å²) < 4.78 is 0. The van der Waals surface area contributed by atoms with Crippen LogP contribution in [0.2, 0.25) is 0 Å². The largest absolute Gasteiger partial charge is 0.317 e. The highest BCUT2D eigenvalue weighted by atomic mass is 14.9. The van der Waals surface area contributed by atoms with Crippen molar-refractivity contribution in [2.75, 3.05) is 13.1 Å². The maximum atomic E-state index is 3.28. The Balaban J connectivity index is 0.000000146. The number of hydrogen-bond acceptors (Lipinski definition) is 1. The molecule has 1 aliphatic rings. The molecule has 0 bridgehead atoms. The SMILES string of the molecule is C1CCNCC1.Cc1ccccc1C. The normalized spacial score (nSPS) is 15.6. The van der Waals surface area contributed by atoms with Gasteiger partial charge in [0, 0.05) is 0 Å². The molecule has 0 amide bonds. The first-order valence-corrected chi connectivity index (χ1v) is 5.53. The number of aryl methyl sites for hydroxylation is 2. The smallest absolute Gasteiger partial charge is 0.00489 e. The summed E-state index contributed by atoms with van der Waals surface area (Å²) in [6, 6.07) is 8.36. The Hall–Kier alpha value is -0.820. The van der Waals surface area contributed by atoms with Crippen LogP contribution in [0, 0.1) is 13.8 Å². The van der Waals surface area contributed by atoms with E-state index in [1.807, 2.05) is 0 Å². The van der Waals surface area contributed by atoms with Crippen LogP contribution in [0.1, 0.15) is 30.4 Å². The molecule has 78 valence electrons. The number of nitrogens with one attached hydrogen (secondary N) is 1. The molecule has 1 heterocycles. The van der Waals surface area contributed by atoms with E-state index >= 15 is 0 Å². The highest BCUT2D eigenvalue weighted by Crippen LogP contribution is 2.02. The van der Waals surface area contributed by atoms with E-state index in [1.54, 1.807) is 0 Å². The fraction of sp³-hybridized carbons (Fsp3) is 0.538. The molecule has 1 saturated heterocycles. The van der Waals surface area contributed by atoms with Gasteiger partial charge in [0.1, 0.15) is 0 Å². The molecule has 1 aromatic carbocycles. The Kier molecular flexibility index (Phi) is 5.31. The molecule has 0 unspecified atom stereocenters. The molecule has 0 atom stereocenters. The van der Waals surface area contributed by atoms with Crippen LogP contribution in [0.5, 0.6) is 0 Å². The first-order chi connectivity index (χ1) is 6.80. The maximum Gasteiger partial charge on any atom is -0.00489 e. The van der Waals surface area contributed by atoms with Crippen LogP contribution in [0.4, 0.5) is 0 Å². The molecule has 2 rings (SSSR count). The van der Waals surface area contributed by atoms with Crippen molar-refractivity contribution in [3.63, 3.8) is 0 Å². The van der Waals surface area contributed by atoms with E-state index in [0.717, 1.165) is 0 Å². The predicted octanol–water partition coefficient (Wildman–Crippen LogP) is 3.06. The fourth-order valence-corrected chi connectivity index (χ4v) is 1.46. The number of rotatable bonds is 0. The molecular formula is C13H21N. The Morgan fingerprint density at radius 2 is 1.36 bits per heavy atom. The zero-order valence-corrected chi connectivity index (χ0v) is 9.34. The van der Waals surface area contributed by atoms with Crippen molar-refractivity contribution in [1.29, 1.82) is 0 Å². The van der Waals surface area contributed by atoms with Crippen LogP contribution in [-0.4, -0.2) is 13.1 Å². The van der Waals surface area contributed by atoms with E-state index < -0.39 is 0 Å².